The summed E-state index contributed by atoms with van der Waals surface area (Å²) in [7, 11) is 2.02. The number of aromatic nitrogens is 1. The molecule has 3 rings (SSSR count). The van der Waals surface area contributed by atoms with Crippen LogP contribution in [0.2, 0.25) is 0 Å². The number of carbonyl (C=O) groups excluding carboxylic acids is 1. The lowest BCUT2D eigenvalue weighted by Crippen LogP contribution is -2.30. The van der Waals surface area contributed by atoms with Gasteiger partial charge in [-0.1, -0.05) is 36.4 Å². The number of nitrogens with zero attached hydrogens (tertiary/aromatic N) is 2. The van der Waals surface area contributed by atoms with Crippen LogP contribution in [-0.2, 0) is 18.3 Å². The maximum Gasteiger partial charge on any atom is 0.224 e. The topological polar surface area (TPSA) is 37.3 Å². The lowest BCUT2D eigenvalue weighted by atomic mass is 10.1. The normalized spacial score (nSPS) is 10.8. The van der Waals surface area contributed by atoms with E-state index in [1.807, 2.05) is 25.2 Å². The molecule has 0 saturated carbocycles. The monoisotopic (exact) mass is 349 g/mol. The molecule has 136 valence electrons. The predicted octanol–water partition coefficient (Wildman–Crippen LogP) is 3.75. The summed E-state index contributed by atoms with van der Waals surface area (Å²) >= 11 is 0. The molecule has 1 amide bonds. The summed E-state index contributed by atoms with van der Waals surface area (Å²) in [6.07, 6.45) is 3.42. The van der Waals surface area contributed by atoms with Gasteiger partial charge in [0.2, 0.25) is 5.91 Å². The summed E-state index contributed by atoms with van der Waals surface area (Å²) in [5.74, 6) is 0.0871. The van der Waals surface area contributed by atoms with Crippen molar-refractivity contribution in [3.8, 4) is 0 Å². The Hall–Kier alpha value is -2.75. The first-order valence-corrected chi connectivity index (χ1v) is 9.28. The highest BCUT2D eigenvalue weighted by molar-refractivity contribution is 5.89. The fraction of sp³-hybridized carbons (Fsp3) is 0.318. The number of anilines is 1. The molecule has 1 aromatic heterocycles. The van der Waals surface area contributed by atoms with Crippen LogP contribution in [0.5, 0.6) is 0 Å². The van der Waals surface area contributed by atoms with Crippen molar-refractivity contribution >= 4 is 22.5 Å². The second kappa shape index (κ2) is 8.56. The van der Waals surface area contributed by atoms with Crippen LogP contribution < -0.4 is 10.2 Å². The van der Waals surface area contributed by atoms with Crippen LogP contribution in [0.25, 0.3) is 10.9 Å². The summed E-state index contributed by atoms with van der Waals surface area (Å²) < 4.78 is 2.08. The Morgan fingerprint density at radius 3 is 2.58 bits per heavy atom. The summed E-state index contributed by atoms with van der Waals surface area (Å²) in [6.45, 7) is 4.77. The van der Waals surface area contributed by atoms with Crippen LogP contribution in [0, 0.1) is 0 Å². The van der Waals surface area contributed by atoms with Crippen molar-refractivity contribution in [1.82, 2.24) is 9.88 Å². The zero-order valence-electron chi connectivity index (χ0n) is 15.6. The maximum atomic E-state index is 12.3. The number of amides is 1. The third-order valence-electron chi connectivity index (χ3n) is 4.76. The van der Waals surface area contributed by atoms with Gasteiger partial charge in [-0.15, -0.1) is 0 Å². The van der Waals surface area contributed by atoms with Gasteiger partial charge < -0.3 is 14.8 Å². The van der Waals surface area contributed by atoms with E-state index in [0.29, 0.717) is 13.0 Å². The van der Waals surface area contributed by atoms with Gasteiger partial charge in [-0.2, -0.15) is 0 Å². The molecule has 26 heavy (non-hydrogen) atoms. The first-order chi connectivity index (χ1) is 12.7. The molecule has 0 spiro atoms. The minimum atomic E-state index is 0.0871. The van der Waals surface area contributed by atoms with Gasteiger partial charge in [0.05, 0.1) is 6.42 Å². The number of para-hydroxylation sites is 2. The van der Waals surface area contributed by atoms with Gasteiger partial charge in [0.1, 0.15) is 0 Å². The largest absolute Gasteiger partial charge is 0.372 e. The number of hydrogen-bond donors (Lipinski definition) is 1. The van der Waals surface area contributed by atoms with E-state index >= 15 is 0 Å². The highest BCUT2D eigenvalue weighted by atomic mass is 16.1. The SMILES string of the molecule is CCN(CCCNC(=O)Cc1cn(C)c2ccccc12)c1ccccc1. The predicted molar refractivity (Wildman–Crippen MR) is 109 cm³/mol. The van der Waals surface area contributed by atoms with Crippen molar-refractivity contribution in [3.05, 3.63) is 66.4 Å². The Kier molecular flexibility index (Phi) is 5.95. The molecule has 1 heterocycles. The maximum absolute atomic E-state index is 12.3. The first kappa shape index (κ1) is 18.1. The quantitative estimate of drug-likeness (QED) is 0.629. The minimum absolute atomic E-state index is 0.0871. The van der Waals surface area contributed by atoms with Crippen molar-refractivity contribution in [3.63, 3.8) is 0 Å². The van der Waals surface area contributed by atoms with Gasteiger partial charge in [0.25, 0.3) is 0 Å². The molecule has 0 saturated heterocycles. The van der Waals surface area contributed by atoms with Crippen LogP contribution in [-0.4, -0.2) is 30.1 Å². The number of benzene rings is 2. The molecule has 2 aromatic carbocycles. The molecular weight excluding hydrogens is 322 g/mol. The van der Waals surface area contributed by atoms with E-state index in [-0.39, 0.29) is 5.91 Å². The van der Waals surface area contributed by atoms with E-state index in [2.05, 4.69) is 64.3 Å². The summed E-state index contributed by atoms with van der Waals surface area (Å²) in [4.78, 5) is 14.6. The molecule has 0 aliphatic heterocycles. The Morgan fingerprint density at radius 2 is 1.81 bits per heavy atom. The number of nitrogens with one attached hydrogen (secondary N) is 1. The molecule has 0 atom stereocenters. The third-order valence-corrected chi connectivity index (χ3v) is 4.76. The van der Waals surface area contributed by atoms with Crippen molar-refractivity contribution in [1.29, 1.82) is 0 Å². The Morgan fingerprint density at radius 1 is 1.08 bits per heavy atom. The Balaban J connectivity index is 1.48. The zero-order chi connectivity index (χ0) is 18.4. The molecule has 3 aromatic rings. The molecule has 0 fully saturated rings. The molecular formula is C22H27N3O. The van der Waals surface area contributed by atoms with Crippen LogP contribution in [0.15, 0.2) is 60.8 Å². The minimum Gasteiger partial charge on any atom is -0.372 e. The van der Waals surface area contributed by atoms with E-state index < -0.39 is 0 Å². The second-order valence-electron chi connectivity index (χ2n) is 6.58. The number of rotatable bonds is 8. The molecule has 4 heteroatoms. The Labute approximate surface area is 155 Å². The summed E-state index contributed by atoms with van der Waals surface area (Å²) in [6, 6.07) is 18.6. The first-order valence-electron chi connectivity index (χ1n) is 9.28. The van der Waals surface area contributed by atoms with Crippen LogP contribution in [0.3, 0.4) is 0 Å². The molecule has 0 aliphatic rings. The zero-order valence-corrected chi connectivity index (χ0v) is 15.6. The second-order valence-corrected chi connectivity index (χ2v) is 6.58. The van der Waals surface area contributed by atoms with Crippen LogP contribution in [0.1, 0.15) is 18.9 Å². The van der Waals surface area contributed by atoms with E-state index in [0.717, 1.165) is 36.0 Å². The van der Waals surface area contributed by atoms with E-state index in [9.17, 15) is 4.79 Å². The highest BCUT2D eigenvalue weighted by Crippen LogP contribution is 2.20. The number of hydrogen-bond acceptors (Lipinski definition) is 2. The number of fused-ring (bicyclic) bond motifs is 1. The van der Waals surface area contributed by atoms with Crippen molar-refractivity contribution < 1.29 is 4.79 Å². The number of carbonyl (C=O) groups is 1. The molecule has 0 aliphatic carbocycles. The van der Waals surface area contributed by atoms with Gasteiger partial charge in [-0.3, -0.25) is 4.79 Å². The average molecular weight is 349 g/mol. The highest BCUT2D eigenvalue weighted by Gasteiger charge is 2.10. The van der Waals surface area contributed by atoms with Gasteiger partial charge in [0.15, 0.2) is 0 Å². The fourth-order valence-electron chi connectivity index (χ4n) is 3.41. The van der Waals surface area contributed by atoms with Gasteiger partial charge in [0, 0.05) is 49.5 Å². The molecule has 1 N–H and O–H groups in total. The molecule has 0 radical (unpaired) electrons. The Bertz CT molecular complexity index is 854. The third kappa shape index (κ3) is 4.26. The van der Waals surface area contributed by atoms with Crippen LogP contribution >= 0.6 is 0 Å². The summed E-state index contributed by atoms with van der Waals surface area (Å²) in [5, 5.41) is 4.22. The molecule has 4 nitrogen and oxygen atoms in total. The number of aryl methyl sites for hydroxylation is 1. The van der Waals surface area contributed by atoms with E-state index in [1.165, 1.54) is 5.69 Å². The van der Waals surface area contributed by atoms with Crippen molar-refractivity contribution in [2.24, 2.45) is 7.05 Å². The van der Waals surface area contributed by atoms with Gasteiger partial charge >= 0.3 is 0 Å². The van der Waals surface area contributed by atoms with Crippen molar-refractivity contribution in [2.75, 3.05) is 24.5 Å². The van der Waals surface area contributed by atoms with Gasteiger partial charge in [-0.25, -0.2) is 0 Å². The lowest BCUT2D eigenvalue weighted by molar-refractivity contribution is -0.120. The lowest BCUT2D eigenvalue weighted by Gasteiger charge is -2.23. The average Bonchev–Trinajstić information content (AvgIpc) is 2.98. The van der Waals surface area contributed by atoms with Crippen LogP contribution in [0.4, 0.5) is 5.69 Å². The molecule has 0 unspecified atom stereocenters. The van der Waals surface area contributed by atoms with Crippen molar-refractivity contribution in [2.45, 2.75) is 19.8 Å². The smallest absolute Gasteiger partial charge is 0.224 e. The molecule has 0 bridgehead atoms. The summed E-state index contributed by atoms with van der Waals surface area (Å²) in [5.41, 5.74) is 3.48. The fourth-order valence-corrected chi connectivity index (χ4v) is 3.41. The van der Waals surface area contributed by atoms with E-state index in [1.54, 1.807) is 0 Å². The van der Waals surface area contributed by atoms with E-state index in [4.69, 9.17) is 0 Å². The standard InChI is InChI=1S/C22H27N3O/c1-3-25(19-10-5-4-6-11-19)15-9-14-23-22(26)16-18-17-24(2)21-13-8-7-12-20(18)21/h4-8,10-13,17H,3,9,14-16H2,1-2H3,(H,23,26). The van der Waals surface area contributed by atoms with Gasteiger partial charge in [-0.05, 0) is 37.1 Å².